The third-order valence-corrected chi connectivity index (χ3v) is 5.91. The highest BCUT2D eigenvalue weighted by molar-refractivity contribution is 5.88. The molecule has 5 rings (SSSR count). The molecular weight excluding hydrogens is 260 g/mol. The first-order valence-electron chi connectivity index (χ1n) is 8.24. The summed E-state index contributed by atoms with van der Waals surface area (Å²) in [5.41, 5.74) is 4.03. The Morgan fingerprint density at radius 1 is 1.14 bits per heavy atom. The quantitative estimate of drug-likeness (QED) is 0.788. The van der Waals surface area contributed by atoms with Crippen LogP contribution in [0.5, 0.6) is 0 Å². The van der Waals surface area contributed by atoms with Gasteiger partial charge in [0, 0.05) is 29.1 Å². The predicted octanol–water partition coefficient (Wildman–Crippen LogP) is 3.41. The number of hydrogen-bond donors (Lipinski definition) is 1. The highest BCUT2D eigenvalue weighted by Gasteiger charge is 2.51. The number of para-hydroxylation sites is 1. The first-order valence-corrected chi connectivity index (χ1v) is 8.24. The molecule has 0 unspecified atom stereocenters. The van der Waals surface area contributed by atoms with Gasteiger partial charge in [0.15, 0.2) is 0 Å². The Balaban J connectivity index is 1.69. The molecule has 1 N–H and O–H groups in total. The van der Waals surface area contributed by atoms with Crippen LogP contribution in [0.25, 0.3) is 10.9 Å². The second-order valence-corrected chi connectivity index (χ2v) is 6.84. The van der Waals surface area contributed by atoms with Crippen molar-refractivity contribution in [2.45, 2.75) is 38.1 Å². The second kappa shape index (κ2) is 4.12. The van der Waals surface area contributed by atoms with Crippen molar-refractivity contribution >= 4 is 16.8 Å². The van der Waals surface area contributed by atoms with Crippen LogP contribution in [0, 0.1) is 11.8 Å². The van der Waals surface area contributed by atoms with E-state index in [-0.39, 0.29) is 0 Å². The molecule has 2 aromatic rings. The topological polar surface area (TPSA) is 36.1 Å². The molecule has 3 heterocycles. The highest BCUT2D eigenvalue weighted by Crippen LogP contribution is 2.51. The minimum absolute atomic E-state index is 0.293. The van der Waals surface area contributed by atoms with Crippen molar-refractivity contribution in [2.75, 3.05) is 6.54 Å². The van der Waals surface area contributed by atoms with Crippen LogP contribution in [0.2, 0.25) is 0 Å². The van der Waals surface area contributed by atoms with E-state index in [1.807, 2.05) is 0 Å². The monoisotopic (exact) mass is 280 g/mol. The Hall–Kier alpha value is -1.77. The number of H-pyrrole nitrogens is 1. The van der Waals surface area contributed by atoms with E-state index < -0.39 is 0 Å². The Labute approximate surface area is 124 Å². The summed E-state index contributed by atoms with van der Waals surface area (Å²) in [4.78, 5) is 18.5. The molecule has 0 bridgehead atoms. The van der Waals surface area contributed by atoms with E-state index in [2.05, 4.69) is 34.1 Å². The molecule has 1 aromatic heterocycles. The van der Waals surface area contributed by atoms with Crippen molar-refractivity contribution in [1.29, 1.82) is 0 Å². The number of benzene rings is 1. The maximum Gasteiger partial charge on any atom is 0.226 e. The molecule has 3 aliphatic rings. The SMILES string of the molecule is O=C1[C@@H]2CCCC[C@@H]2[C@@H]2c3[nH]c4ccccc4c3CCN12. The Morgan fingerprint density at radius 2 is 2.00 bits per heavy atom. The van der Waals surface area contributed by atoms with Crippen LogP contribution in [0.15, 0.2) is 24.3 Å². The molecule has 108 valence electrons. The van der Waals surface area contributed by atoms with Gasteiger partial charge in [-0.2, -0.15) is 0 Å². The van der Waals surface area contributed by atoms with Gasteiger partial charge < -0.3 is 9.88 Å². The zero-order valence-electron chi connectivity index (χ0n) is 12.1. The number of fused-ring (bicyclic) bond motifs is 7. The summed E-state index contributed by atoms with van der Waals surface area (Å²) in [5, 5.41) is 1.36. The van der Waals surface area contributed by atoms with Gasteiger partial charge in [0.2, 0.25) is 5.91 Å². The molecule has 2 aliphatic heterocycles. The number of carbonyl (C=O) groups excluding carboxylic acids is 1. The number of nitrogens with one attached hydrogen (secondary N) is 1. The fraction of sp³-hybridized carbons (Fsp3) is 0.500. The predicted molar refractivity (Wildman–Crippen MR) is 81.9 cm³/mol. The van der Waals surface area contributed by atoms with Gasteiger partial charge >= 0.3 is 0 Å². The van der Waals surface area contributed by atoms with Gasteiger partial charge in [-0.3, -0.25) is 4.79 Å². The zero-order valence-corrected chi connectivity index (χ0v) is 12.1. The van der Waals surface area contributed by atoms with Crippen LogP contribution in [0.4, 0.5) is 0 Å². The van der Waals surface area contributed by atoms with Crippen molar-refractivity contribution in [2.24, 2.45) is 11.8 Å². The van der Waals surface area contributed by atoms with Crippen molar-refractivity contribution in [1.82, 2.24) is 9.88 Å². The van der Waals surface area contributed by atoms with Crippen LogP contribution >= 0.6 is 0 Å². The van der Waals surface area contributed by atoms with Crippen LogP contribution < -0.4 is 0 Å². The molecular formula is C18H20N2O. The largest absolute Gasteiger partial charge is 0.356 e. The van der Waals surface area contributed by atoms with Crippen molar-refractivity contribution in [3.8, 4) is 0 Å². The van der Waals surface area contributed by atoms with E-state index in [0.717, 1.165) is 19.4 Å². The van der Waals surface area contributed by atoms with Crippen LogP contribution in [-0.2, 0) is 11.2 Å². The average Bonchev–Trinajstić information content (AvgIpc) is 3.04. The van der Waals surface area contributed by atoms with Crippen LogP contribution in [0.1, 0.15) is 43.0 Å². The van der Waals surface area contributed by atoms with E-state index in [1.54, 1.807) is 0 Å². The van der Waals surface area contributed by atoms with Gasteiger partial charge in [-0.05, 0) is 36.8 Å². The van der Waals surface area contributed by atoms with Gasteiger partial charge in [0.05, 0.1) is 6.04 Å². The number of rotatable bonds is 0. The normalized spacial score (nSPS) is 31.1. The third-order valence-electron chi connectivity index (χ3n) is 5.91. The Kier molecular flexibility index (Phi) is 2.33. The zero-order chi connectivity index (χ0) is 14.0. The first kappa shape index (κ1) is 11.8. The summed E-state index contributed by atoms with van der Waals surface area (Å²) in [6.07, 6.45) is 5.83. The molecule has 1 aliphatic carbocycles. The summed E-state index contributed by atoms with van der Waals surface area (Å²) in [7, 11) is 0. The van der Waals surface area contributed by atoms with Crippen molar-refractivity contribution < 1.29 is 4.79 Å². The molecule has 1 aromatic carbocycles. The fourth-order valence-corrected chi connectivity index (χ4v) is 5.02. The van der Waals surface area contributed by atoms with E-state index in [9.17, 15) is 4.79 Å². The molecule has 0 spiro atoms. The standard InChI is InChI=1S/C18H20N2O/c21-18-14-7-2-1-6-13(14)17-16-12(9-10-20(17)18)11-5-3-4-8-15(11)19-16/h3-5,8,13-14,17,19H,1-2,6-7,9-10H2/t13-,14+,17+/m0/s1. The molecule has 3 nitrogen and oxygen atoms in total. The number of amides is 1. The van der Waals surface area contributed by atoms with E-state index in [4.69, 9.17) is 0 Å². The minimum Gasteiger partial charge on any atom is -0.356 e. The highest BCUT2D eigenvalue weighted by atomic mass is 16.2. The average molecular weight is 280 g/mol. The summed E-state index contributed by atoms with van der Waals surface area (Å²) in [5.74, 6) is 1.26. The second-order valence-electron chi connectivity index (χ2n) is 6.84. The lowest BCUT2D eigenvalue weighted by atomic mass is 9.76. The van der Waals surface area contributed by atoms with Gasteiger partial charge in [-0.25, -0.2) is 0 Å². The third kappa shape index (κ3) is 1.47. The minimum atomic E-state index is 0.293. The molecule has 3 atom stereocenters. The molecule has 1 saturated carbocycles. The maximum atomic E-state index is 12.7. The van der Waals surface area contributed by atoms with Crippen LogP contribution in [0.3, 0.4) is 0 Å². The fourth-order valence-electron chi connectivity index (χ4n) is 5.02. The number of hydrogen-bond acceptors (Lipinski definition) is 1. The lowest BCUT2D eigenvalue weighted by Gasteiger charge is -2.33. The molecule has 2 fully saturated rings. The molecule has 0 radical (unpaired) electrons. The number of aromatic amines is 1. The molecule has 3 heteroatoms. The summed E-state index contributed by atoms with van der Waals surface area (Å²) in [6.45, 7) is 0.908. The van der Waals surface area contributed by atoms with Crippen molar-refractivity contribution in [3.63, 3.8) is 0 Å². The van der Waals surface area contributed by atoms with E-state index >= 15 is 0 Å². The van der Waals surface area contributed by atoms with Crippen molar-refractivity contribution in [3.05, 3.63) is 35.5 Å². The number of aromatic nitrogens is 1. The van der Waals surface area contributed by atoms with Gasteiger partial charge in [0.1, 0.15) is 0 Å². The Bertz CT molecular complexity index is 732. The summed E-state index contributed by atoms with van der Waals surface area (Å²) < 4.78 is 0. The summed E-state index contributed by atoms with van der Waals surface area (Å²) >= 11 is 0. The number of nitrogens with zero attached hydrogens (tertiary/aromatic N) is 1. The van der Waals surface area contributed by atoms with Gasteiger partial charge in [-0.1, -0.05) is 31.0 Å². The van der Waals surface area contributed by atoms with E-state index in [1.165, 1.54) is 41.4 Å². The lowest BCUT2D eigenvalue weighted by Crippen LogP contribution is -2.35. The summed E-state index contributed by atoms with van der Waals surface area (Å²) in [6, 6.07) is 8.90. The Morgan fingerprint density at radius 3 is 2.95 bits per heavy atom. The van der Waals surface area contributed by atoms with Crippen LogP contribution in [-0.4, -0.2) is 22.3 Å². The smallest absolute Gasteiger partial charge is 0.226 e. The van der Waals surface area contributed by atoms with Gasteiger partial charge in [0.25, 0.3) is 0 Å². The molecule has 21 heavy (non-hydrogen) atoms. The number of carbonyl (C=O) groups is 1. The lowest BCUT2D eigenvalue weighted by molar-refractivity contribution is -0.132. The molecule has 1 saturated heterocycles. The van der Waals surface area contributed by atoms with Gasteiger partial charge in [-0.15, -0.1) is 0 Å². The van der Waals surface area contributed by atoms with E-state index in [0.29, 0.717) is 23.8 Å². The first-order chi connectivity index (χ1) is 10.3. The maximum absolute atomic E-state index is 12.7. The molecule has 1 amide bonds.